The van der Waals surface area contributed by atoms with E-state index in [1.807, 2.05) is 6.07 Å². The summed E-state index contributed by atoms with van der Waals surface area (Å²) in [5.74, 6) is 0. The molecule has 0 atom stereocenters. The van der Waals surface area contributed by atoms with E-state index in [9.17, 15) is 0 Å². The van der Waals surface area contributed by atoms with Crippen molar-refractivity contribution in [2.75, 3.05) is 44.4 Å². The molecule has 0 fully saturated rings. The van der Waals surface area contributed by atoms with Crippen LogP contribution in [-0.4, -0.2) is 38.6 Å². The first kappa shape index (κ1) is 12.2. The summed E-state index contributed by atoms with van der Waals surface area (Å²) in [6.07, 6.45) is 3.67. The Bertz CT molecular complexity index is 374. The first-order valence-corrected chi connectivity index (χ1v) is 6.45. The molecule has 3 heteroatoms. The van der Waals surface area contributed by atoms with Crippen LogP contribution in [0.25, 0.3) is 0 Å². The van der Waals surface area contributed by atoms with Crippen LogP contribution in [0.1, 0.15) is 18.4 Å². The molecule has 3 nitrogen and oxygen atoms in total. The summed E-state index contributed by atoms with van der Waals surface area (Å²) in [4.78, 5) is 4.73. The van der Waals surface area contributed by atoms with Crippen LogP contribution in [0.2, 0.25) is 0 Å². The van der Waals surface area contributed by atoms with Crippen LogP contribution in [0.15, 0.2) is 18.2 Å². The van der Waals surface area contributed by atoms with Crippen molar-refractivity contribution in [2.45, 2.75) is 19.3 Å². The van der Waals surface area contributed by atoms with Gasteiger partial charge in [0.25, 0.3) is 0 Å². The minimum Gasteiger partial charge on any atom is -0.399 e. The van der Waals surface area contributed by atoms with Gasteiger partial charge >= 0.3 is 0 Å². The van der Waals surface area contributed by atoms with E-state index in [0.717, 1.165) is 18.8 Å². The molecule has 2 rings (SSSR count). The molecule has 2 N–H and O–H groups in total. The fraction of sp³-hybridized carbons (Fsp3) is 0.571. The first-order chi connectivity index (χ1) is 8.16. The zero-order valence-corrected chi connectivity index (χ0v) is 10.9. The zero-order valence-electron chi connectivity index (χ0n) is 10.9. The molecule has 1 aliphatic rings. The van der Waals surface area contributed by atoms with Crippen LogP contribution in [0, 0.1) is 0 Å². The third-order valence-corrected chi connectivity index (χ3v) is 3.36. The summed E-state index contributed by atoms with van der Waals surface area (Å²) in [6.45, 7) is 3.45. The highest BCUT2D eigenvalue weighted by Gasteiger charge is 2.16. The Hall–Kier alpha value is -1.22. The van der Waals surface area contributed by atoms with Crippen molar-refractivity contribution < 1.29 is 0 Å². The van der Waals surface area contributed by atoms with E-state index in [2.05, 4.69) is 36.0 Å². The van der Waals surface area contributed by atoms with Gasteiger partial charge in [-0.15, -0.1) is 0 Å². The minimum absolute atomic E-state index is 0.878. The SMILES string of the molecule is CN(C)CCCN1CCCc2ccc(N)cc21. The van der Waals surface area contributed by atoms with Gasteiger partial charge in [0.05, 0.1) is 0 Å². The van der Waals surface area contributed by atoms with Crippen molar-refractivity contribution in [3.05, 3.63) is 23.8 Å². The minimum atomic E-state index is 0.878. The largest absolute Gasteiger partial charge is 0.399 e. The predicted molar refractivity (Wildman–Crippen MR) is 74.6 cm³/mol. The van der Waals surface area contributed by atoms with Crippen LogP contribution in [0.3, 0.4) is 0 Å². The van der Waals surface area contributed by atoms with Crippen molar-refractivity contribution in [1.82, 2.24) is 4.90 Å². The normalized spacial score (nSPS) is 15.1. The van der Waals surface area contributed by atoms with Gasteiger partial charge in [-0.2, -0.15) is 0 Å². The van der Waals surface area contributed by atoms with Crippen molar-refractivity contribution in [1.29, 1.82) is 0 Å². The smallest absolute Gasteiger partial charge is 0.0419 e. The second-order valence-electron chi connectivity index (χ2n) is 5.14. The van der Waals surface area contributed by atoms with Crippen LogP contribution in [-0.2, 0) is 6.42 Å². The second kappa shape index (κ2) is 5.41. The summed E-state index contributed by atoms with van der Waals surface area (Å²) in [7, 11) is 4.25. The van der Waals surface area contributed by atoms with Crippen molar-refractivity contribution in [3.8, 4) is 0 Å². The van der Waals surface area contributed by atoms with Gasteiger partial charge in [-0.3, -0.25) is 0 Å². The van der Waals surface area contributed by atoms with E-state index in [1.165, 1.54) is 37.1 Å². The third kappa shape index (κ3) is 3.13. The number of aryl methyl sites for hydroxylation is 1. The number of nitrogen functional groups attached to an aromatic ring is 1. The van der Waals surface area contributed by atoms with Gasteiger partial charge in [0.2, 0.25) is 0 Å². The lowest BCUT2D eigenvalue weighted by atomic mass is 10.0. The van der Waals surface area contributed by atoms with E-state index >= 15 is 0 Å². The molecule has 0 saturated carbocycles. The fourth-order valence-corrected chi connectivity index (χ4v) is 2.48. The Balaban J connectivity index is 2.03. The van der Waals surface area contributed by atoms with Crippen molar-refractivity contribution >= 4 is 11.4 Å². The summed E-state index contributed by atoms with van der Waals surface area (Å²) >= 11 is 0. The monoisotopic (exact) mass is 233 g/mol. The van der Waals surface area contributed by atoms with E-state index in [0.29, 0.717) is 0 Å². The topological polar surface area (TPSA) is 32.5 Å². The van der Waals surface area contributed by atoms with E-state index in [4.69, 9.17) is 5.73 Å². The van der Waals surface area contributed by atoms with Crippen LogP contribution >= 0.6 is 0 Å². The predicted octanol–water partition coefficient (Wildman–Crippen LogP) is 1.97. The summed E-state index contributed by atoms with van der Waals surface area (Å²) in [5.41, 5.74) is 9.57. The third-order valence-electron chi connectivity index (χ3n) is 3.36. The number of rotatable bonds is 4. The molecule has 0 spiro atoms. The van der Waals surface area contributed by atoms with Crippen LogP contribution in [0.4, 0.5) is 11.4 Å². The number of nitrogens with zero attached hydrogens (tertiary/aromatic N) is 2. The molecule has 0 bridgehead atoms. The molecule has 0 radical (unpaired) electrons. The zero-order chi connectivity index (χ0) is 12.3. The Kier molecular flexibility index (Phi) is 3.89. The molecule has 1 aromatic rings. The number of nitrogens with two attached hydrogens (primary N) is 1. The van der Waals surface area contributed by atoms with Gasteiger partial charge in [-0.1, -0.05) is 6.07 Å². The molecule has 1 aromatic carbocycles. The van der Waals surface area contributed by atoms with Crippen LogP contribution < -0.4 is 10.6 Å². The average Bonchev–Trinajstić information content (AvgIpc) is 2.29. The number of benzene rings is 1. The number of anilines is 2. The Morgan fingerprint density at radius 3 is 2.94 bits per heavy atom. The second-order valence-corrected chi connectivity index (χ2v) is 5.14. The molecule has 0 amide bonds. The number of hydrogen-bond donors (Lipinski definition) is 1. The molecule has 94 valence electrons. The van der Waals surface area contributed by atoms with Crippen molar-refractivity contribution in [2.24, 2.45) is 0 Å². The van der Waals surface area contributed by atoms with Gasteiger partial charge in [0.15, 0.2) is 0 Å². The first-order valence-electron chi connectivity index (χ1n) is 6.45. The Morgan fingerprint density at radius 2 is 2.18 bits per heavy atom. The van der Waals surface area contributed by atoms with Gasteiger partial charge in [0, 0.05) is 24.5 Å². The van der Waals surface area contributed by atoms with Crippen molar-refractivity contribution in [3.63, 3.8) is 0 Å². The molecule has 0 saturated heterocycles. The molecule has 0 aromatic heterocycles. The lowest BCUT2D eigenvalue weighted by molar-refractivity contribution is 0.399. The maximum Gasteiger partial charge on any atom is 0.0419 e. The summed E-state index contributed by atoms with van der Waals surface area (Å²) < 4.78 is 0. The molecule has 0 aliphatic carbocycles. The molecular weight excluding hydrogens is 210 g/mol. The molecule has 1 heterocycles. The summed E-state index contributed by atoms with van der Waals surface area (Å²) in [5, 5.41) is 0. The van der Waals surface area contributed by atoms with Gasteiger partial charge in [0.1, 0.15) is 0 Å². The molecular formula is C14H23N3. The molecule has 0 unspecified atom stereocenters. The van der Waals surface area contributed by atoms with Gasteiger partial charge in [-0.25, -0.2) is 0 Å². The molecule has 17 heavy (non-hydrogen) atoms. The maximum absolute atomic E-state index is 5.89. The van der Waals surface area contributed by atoms with E-state index < -0.39 is 0 Å². The Labute approximate surface area is 104 Å². The van der Waals surface area contributed by atoms with Gasteiger partial charge in [-0.05, 0) is 57.6 Å². The number of fused-ring (bicyclic) bond motifs is 1. The highest BCUT2D eigenvalue weighted by molar-refractivity contribution is 5.62. The van der Waals surface area contributed by atoms with Crippen LogP contribution in [0.5, 0.6) is 0 Å². The number of hydrogen-bond acceptors (Lipinski definition) is 3. The Morgan fingerprint density at radius 1 is 1.35 bits per heavy atom. The summed E-state index contributed by atoms with van der Waals surface area (Å²) in [6, 6.07) is 6.33. The fourth-order valence-electron chi connectivity index (χ4n) is 2.48. The maximum atomic E-state index is 5.89. The van der Waals surface area contributed by atoms with Gasteiger partial charge < -0.3 is 15.5 Å². The van der Waals surface area contributed by atoms with E-state index in [1.54, 1.807) is 0 Å². The van der Waals surface area contributed by atoms with E-state index in [-0.39, 0.29) is 0 Å². The quantitative estimate of drug-likeness (QED) is 0.807. The average molecular weight is 233 g/mol. The lowest BCUT2D eigenvalue weighted by Crippen LogP contribution is -2.32. The lowest BCUT2D eigenvalue weighted by Gasteiger charge is -2.32. The highest BCUT2D eigenvalue weighted by Crippen LogP contribution is 2.29. The molecule has 1 aliphatic heterocycles. The standard InChI is InChI=1S/C14H23N3/c1-16(2)8-4-10-17-9-3-5-12-6-7-13(15)11-14(12)17/h6-7,11H,3-5,8-10,15H2,1-2H3. The highest BCUT2D eigenvalue weighted by atomic mass is 15.1.